The largest absolute Gasteiger partial charge is 0.440 e. The van der Waals surface area contributed by atoms with E-state index in [2.05, 4.69) is 32.6 Å². The molecular weight excluding hydrogens is 320 g/mol. The predicted octanol–water partition coefficient (Wildman–Crippen LogP) is 1.10. The van der Waals surface area contributed by atoms with Gasteiger partial charge in [0, 0.05) is 19.1 Å². The Morgan fingerprint density at radius 2 is 2.35 bits per heavy atom. The number of hydrogen-bond donors (Lipinski definition) is 1. The van der Waals surface area contributed by atoms with Crippen molar-refractivity contribution in [2.24, 2.45) is 13.0 Å². The van der Waals surface area contributed by atoms with Crippen molar-refractivity contribution in [1.29, 1.82) is 0 Å². The van der Waals surface area contributed by atoms with E-state index in [4.69, 9.17) is 16.0 Å². The highest BCUT2D eigenvalue weighted by molar-refractivity contribution is 6.29. The van der Waals surface area contributed by atoms with Crippen LogP contribution in [0.4, 0.5) is 0 Å². The van der Waals surface area contributed by atoms with Gasteiger partial charge in [-0.1, -0.05) is 6.92 Å². The minimum atomic E-state index is -0.224. The van der Waals surface area contributed by atoms with Gasteiger partial charge in [-0.2, -0.15) is 4.80 Å². The maximum atomic E-state index is 12.1. The molecule has 1 fully saturated rings. The lowest BCUT2D eigenvalue weighted by atomic mass is 9.93. The second-order valence-electron chi connectivity index (χ2n) is 5.88. The first-order chi connectivity index (χ1) is 11.0. The van der Waals surface area contributed by atoms with Gasteiger partial charge in [-0.05, 0) is 41.3 Å². The summed E-state index contributed by atoms with van der Waals surface area (Å²) in [6.45, 7) is 4.53. The van der Waals surface area contributed by atoms with Crippen molar-refractivity contribution in [1.82, 2.24) is 30.4 Å². The number of carbonyl (C=O) groups excluding carboxylic acids is 1. The minimum Gasteiger partial charge on any atom is -0.440 e. The lowest BCUT2D eigenvalue weighted by molar-refractivity contribution is 0.0831. The number of nitrogens with one attached hydrogen (secondary N) is 1. The molecule has 0 radical (unpaired) electrons. The molecule has 1 saturated heterocycles. The summed E-state index contributed by atoms with van der Waals surface area (Å²) in [6.07, 6.45) is 0.863. The first-order valence-corrected chi connectivity index (χ1v) is 7.90. The summed E-state index contributed by atoms with van der Waals surface area (Å²) >= 11 is 5.70. The molecule has 0 spiro atoms. The summed E-state index contributed by atoms with van der Waals surface area (Å²) in [5.41, 5.74) is 0. The fraction of sp³-hybridized carbons (Fsp3) is 0.571. The van der Waals surface area contributed by atoms with Gasteiger partial charge >= 0.3 is 0 Å². The van der Waals surface area contributed by atoms with E-state index in [0.717, 1.165) is 19.5 Å². The molecule has 3 rings (SSSR count). The van der Waals surface area contributed by atoms with E-state index < -0.39 is 0 Å². The molecule has 2 unspecified atom stereocenters. The van der Waals surface area contributed by atoms with Gasteiger partial charge in [-0.15, -0.1) is 10.2 Å². The van der Waals surface area contributed by atoms with E-state index in [1.54, 1.807) is 19.2 Å². The van der Waals surface area contributed by atoms with Gasteiger partial charge in [-0.3, -0.25) is 9.69 Å². The van der Waals surface area contributed by atoms with Gasteiger partial charge in [0.1, 0.15) is 0 Å². The number of amides is 1. The van der Waals surface area contributed by atoms with Crippen LogP contribution in [0.5, 0.6) is 0 Å². The number of tetrazole rings is 1. The van der Waals surface area contributed by atoms with Crippen molar-refractivity contribution in [3.05, 3.63) is 28.9 Å². The lowest BCUT2D eigenvalue weighted by Gasteiger charge is -2.36. The van der Waals surface area contributed by atoms with Crippen LogP contribution >= 0.6 is 11.6 Å². The monoisotopic (exact) mass is 338 g/mol. The van der Waals surface area contributed by atoms with Crippen LogP contribution in [0.25, 0.3) is 0 Å². The SMILES string of the molecule is CC1CN(Cc2nnn(C)n2)CCC1NC(=O)c1ccc(Cl)o1. The highest BCUT2D eigenvalue weighted by Crippen LogP contribution is 2.19. The number of piperidine rings is 1. The molecule has 3 heterocycles. The molecule has 1 aliphatic heterocycles. The first-order valence-electron chi connectivity index (χ1n) is 7.52. The van der Waals surface area contributed by atoms with Crippen molar-refractivity contribution in [3.8, 4) is 0 Å². The number of nitrogens with zero attached hydrogens (tertiary/aromatic N) is 5. The molecule has 1 aliphatic rings. The van der Waals surface area contributed by atoms with Crippen LogP contribution in [0.1, 0.15) is 29.7 Å². The number of furan rings is 1. The Morgan fingerprint density at radius 3 is 2.96 bits per heavy atom. The molecule has 2 aromatic heterocycles. The van der Waals surface area contributed by atoms with E-state index in [0.29, 0.717) is 18.3 Å². The minimum absolute atomic E-state index is 0.109. The first kappa shape index (κ1) is 15.9. The quantitative estimate of drug-likeness (QED) is 0.898. The molecule has 1 amide bonds. The summed E-state index contributed by atoms with van der Waals surface area (Å²) in [6, 6.07) is 3.26. The second-order valence-corrected chi connectivity index (χ2v) is 6.25. The number of carbonyl (C=O) groups is 1. The van der Waals surface area contributed by atoms with Crippen LogP contribution in [-0.4, -0.2) is 50.1 Å². The third-order valence-electron chi connectivity index (χ3n) is 4.02. The molecule has 23 heavy (non-hydrogen) atoms. The molecule has 9 heteroatoms. The van der Waals surface area contributed by atoms with Crippen LogP contribution in [0.15, 0.2) is 16.5 Å². The highest BCUT2D eigenvalue weighted by atomic mass is 35.5. The Kier molecular flexibility index (Phi) is 4.63. The van der Waals surface area contributed by atoms with E-state index >= 15 is 0 Å². The summed E-state index contributed by atoms with van der Waals surface area (Å²) in [5.74, 6) is 1.05. The Labute approximate surface area is 138 Å². The van der Waals surface area contributed by atoms with Crippen LogP contribution in [0, 0.1) is 5.92 Å². The lowest BCUT2D eigenvalue weighted by Crippen LogP contribution is -2.49. The normalized spacial score (nSPS) is 22.2. The topological polar surface area (TPSA) is 89.1 Å². The summed E-state index contributed by atoms with van der Waals surface area (Å²) < 4.78 is 5.14. The van der Waals surface area contributed by atoms with Crippen LogP contribution in [0.3, 0.4) is 0 Å². The third-order valence-corrected chi connectivity index (χ3v) is 4.22. The Balaban J connectivity index is 1.53. The molecular formula is C14H19ClN6O2. The number of hydrogen-bond acceptors (Lipinski definition) is 6. The Bertz CT molecular complexity index is 684. The molecule has 0 bridgehead atoms. The smallest absolute Gasteiger partial charge is 0.287 e. The fourth-order valence-electron chi connectivity index (χ4n) is 2.85. The summed E-state index contributed by atoms with van der Waals surface area (Å²) in [5, 5.41) is 15.3. The maximum absolute atomic E-state index is 12.1. The van der Waals surface area contributed by atoms with Crippen LogP contribution < -0.4 is 5.32 Å². The van der Waals surface area contributed by atoms with E-state index in [1.807, 2.05) is 0 Å². The number of halogens is 1. The molecule has 2 atom stereocenters. The average molecular weight is 339 g/mol. The van der Waals surface area contributed by atoms with Crippen LogP contribution in [0.2, 0.25) is 5.22 Å². The van der Waals surface area contributed by atoms with Gasteiger partial charge in [-0.25, -0.2) is 0 Å². The fourth-order valence-corrected chi connectivity index (χ4v) is 3.00. The highest BCUT2D eigenvalue weighted by Gasteiger charge is 2.28. The van der Waals surface area contributed by atoms with Gasteiger partial charge in [0.15, 0.2) is 16.8 Å². The number of aryl methyl sites for hydroxylation is 1. The zero-order valence-corrected chi connectivity index (χ0v) is 13.8. The maximum Gasteiger partial charge on any atom is 0.287 e. The summed E-state index contributed by atoms with van der Waals surface area (Å²) in [4.78, 5) is 15.9. The van der Waals surface area contributed by atoms with Crippen molar-refractivity contribution >= 4 is 17.5 Å². The van der Waals surface area contributed by atoms with E-state index in [9.17, 15) is 4.79 Å². The second kappa shape index (κ2) is 6.67. The average Bonchev–Trinajstić information content (AvgIpc) is 3.10. The molecule has 2 aromatic rings. The zero-order chi connectivity index (χ0) is 16.4. The van der Waals surface area contributed by atoms with Gasteiger partial charge in [0.05, 0.1) is 13.6 Å². The van der Waals surface area contributed by atoms with Gasteiger partial charge < -0.3 is 9.73 Å². The van der Waals surface area contributed by atoms with Gasteiger partial charge in [0.25, 0.3) is 5.91 Å². The summed E-state index contributed by atoms with van der Waals surface area (Å²) in [7, 11) is 1.75. The van der Waals surface area contributed by atoms with Crippen molar-refractivity contribution in [2.45, 2.75) is 25.9 Å². The molecule has 124 valence electrons. The van der Waals surface area contributed by atoms with Crippen molar-refractivity contribution in [3.63, 3.8) is 0 Å². The third kappa shape index (κ3) is 3.89. The molecule has 8 nitrogen and oxygen atoms in total. The predicted molar refractivity (Wildman–Crippen MR) is 82.8 cm³/mol. The van der Waals surface area contributed by atoms with Gasteiger partial charge in [0.2, 0.25) is 0 Å². The van der Waals surface area contributed by atoms with Crippen LogP contribution in [-0.2, 0) is 13.6 Å². The molecule has 0 aliphatic carbocycles. The standard InChI is InChI=1S/C14H19ClN6O2/c1-9-7-21(8-13-17-19-20(2)18-13)6-5-10(9)16-14(22)11-3-4-12(15)23-11/h3-4,9-10H,5-8H2,1-2H3,(H,16,22). The Hall–Kier alpha value is -1.93. The Morgan fingerprint density at radius 1 is 1.52 bits per heavy atom. The molecule has 1 N–H and O–H groups in total. The van der Waals surface area contributed by atoms with Crippen molar-refractivity contribution < 1.29 is 9.21 Å². The zero-order valence-electron chi connectivity index (χ0n) is 13.1. The van der Waals surface area contributed by atoms with E-state index in [1.165, 1.54) is 4.80 Å². The van der Waals surface area contributed by atoms with E-state index in [-0.39, 0.29) is 22.9 Å². The number of aromatic nitrogens is 4. The number of likely N-dealkylation sites (tertiary alicyclic amines) is 1. The van der Waals surface area contributed by atoms with Crippen molar-refractivity contribution in [2.75, 3.05) is 13.1 Å². The molecule has 0 saturated carbocycles. The molecule has 0 aromatic carbocycles. The number of rotatable bonds is 4.